The molecule has 1 N–H and O–H groups in total. The van der Waals surface area contributed by atoms with Gasteiger partial charge in [-0.3, -0.25) is 10.1 Å². The normalized spacial score (nSPS) is 11.4. The minimum absolute atomic E-state index is 0.0565. The topological polar surface area (TPSA) is 81.0 Å². The summed E-state index contributed by atoms with van der Waals surface area (Å²) in [7, 11) is 0. The van der Waals surface area contributed by atoms with Crippen LogP contribution in [0.3, 0.4) is 0 Å². The molecule has 10 heteroatoms. The molecule has 2 rings (SSSR count). The molecule has 0 fully saturated rings. The summed E-state index contributed by atoms with van der Waals surface area (Å²) in [6.45, 7) is 3.63. The number of aromatic nitrogens is 2. The third-order valence-electron chi connectivity index (χ3n) is 3.40. The molecule has 0 radical (unpaired) electrons. The molecule has 0 atom stereocenters. The van der Waals surface area contributed by atoms with Crippen molar-refractivity contribution >= 4 is 23.3 Å². The Morgan fingerprint density at radius 3 is 2.42 bits per heavy atom. The number of nitrogens with one attached hydrogen (secondary N) is 1. The van der Waals surface area contributed by atoms with E-state index in [9.17, 15) is 23.3 Å². The summed E-state index contributed by atoms with van der Waals surface area (Å²) >= 11 is 1.39. The maximum Gasteiger partial charge on any atom is 0.416 e. The van der Waals surface area contributed by atoms with Gasteiger partial charge in [-0.25, -0.2) is 4.98 Å². The third-order valence-corrected chi connectivity index (χ3v) is 4.45. The highest BCUT2D eigenvalue weighted by Crippen LogP contribution is 2.30. The van der Waals surface area contributed by atoms with Crippen molar-refractivity contribution in [2.75, 3.05) is 11.1 Å². The van der Waals surface area contributed by atoms with E-state index in [-0.39, 0.29) is 23.7 Å². The van der Waals surface area contributed by atoms with Crippen LogP contribution < -0.4 is 5.32 Å². The zero-order chi connectivity index (χ0) is 19.3. The van der Waals surface area contributed by atoms with Crippen molar-refractivity contribution in [3.63, 3.8) is 0 Å². The van der Waals surface area contributed by atoms with E-state index in [4.69, 9.17) is 0 Å². The number of aryl methyl sites for hydroxylation is 1. The highest BCUT2D eigenvalue weighted by molar-refractivity contribution is 7.99. The molecule has 140 valence electrons. The van der Waals surface area contributed by atoms with E-state index in [2.05, 4.69) is 15.3 Å². The number of hydrogen-bond acceptors (Lipinski definition) is 6. The van der Waals surface area contributed by atoms with Gasteiger partial charge in [-0.2, -0.15) is 18.2 Å². The minimum Gasteiger partial charge on any atom is -0.360 e. The average Bonchev–Trinajstić information content (AvgIpc) is 2.57. The van der Waals surface area contributed by atoms with Gasteiger partial charge in [-0.15, -0.1) is 0 Å². The molecule has 2 aromatic rings. The van der Waals surface area contributed by atoms with Crippen LogP contribution in [0.4, 0.5) is 24.7 Å². The summed E-state index contributed by atoms with van der Waals surface area (Å²) in [5, 5.41) is 14.5. The number of benzene rings is 1. The van der Waals surface area contributed by atoms with Crippen molar-refractivity contribution in [3.05, 3.63) is 51.2 Å². The minimum atomic E-state index is -4.40. The van der Waals surface area contributed by atoms with Gasteiger partial charge in [-0.1, -0.05) is 30.8 Å². The molecule has 6 nitrogen and oxygen atoms in total. The lowest BCUT2D eigenvalue weighted by atomic mass is 10.1. The van der Waals surface area contributed by atoms with Gasteiger partial charge in [0, 0.05) is 12.3 Å². The zero-order valence-corrected chi connectivity index (χ0v) is 14.9. The second-order valence-corrected chi connectivity index (χ2v) is 6.50. The smallest absolute Gasteiger partial charge is 0.360 e. The predicted molar refractivity (Wildman–Crippen MR) is 93.2 cm³/mol. The molecule has 0 spiro atoms. The molecule has 26 heavy (non-hydrogen) atoms. The number of alkyl halides is 3. The number of halogens is 3. The van der Waals surface area contributed by atoms with Crippen LogP contribution in [-0.2, 0) is 12.7 Å². The number of rotatable bonds is 7. The first-order valence-corrected chi connectivity index (χ1v) is 8.76. The fourth-order valence-corrected chi connectivity index (χ4v) is 2.88. The van der Waals surface area contributed by atoms with Crippen LogP contribution in [0.25, 0.3) is 0 Å². The summed E-state index contributed by atoms with van der Waals surface area (Å²) in [6.07, 6.45) is -3.50. The molecule has 0 aliphatic heterocycles. The standard InChI is InChI=1S/C16H17F3N4O2S/c1-3-8-26-15-21-10(2)13(23(24)25)14(22-15)20-9-11-4-6-12(7-5-11)16(17,18)19/h4-7H,3,8-9H2,1-2H3,(H,20,21,22). The van der Waals surface area contributed by atoms with E-state index in [0.717, 1.165) is 24.3 Å². The Bertz CT molecular complexity index is 782. The van der Waals surface area contributed by atoms with Crippen LogP contribution in [0.2, 0.25) is 0 Å². The molecule has 0 bridgehead atoms. The van der Waals surface area contributed by atoms with Gasteiger partial charge in [0.05, 0.1) is 10.5 Å². The Morgan fingerprint density at radius 2 is 1.88 bits per heavy atom. The van der Waals surface area contributed by atoms with E-state index in [1.165, 1.54) is 30.8 Å². The van der Waals surface area contributed by atoms with Crippen molar-refractivity contribution in [1.82, 2.24) is 9.97 Å². The van der Waals surface area contributed by atoms with Crippen molar-refractivity contribution in [2.24, 2.45) is 0 Å². The van der Waals surface area contributed by atoms with Crippen LogP contribution in [0, 0.1) is 17.0 Å². The van der Waals surface area contributed by atoms with Crippen LogP contribution in [0.1, 0.15) is 30.2 Å². The highest BCUT2D eigenvalue weighted by Gasteiger charge is 2.30. The molecule has 1 aromatic carbocycles. The van der Waals surface area contributed by atoms with Crippen molar-refractivity contribution in [2.45, 2.75) is 38.1 Å². The van der Waals surface area contributed by atoms with Crippen LogP contribution in [0.5, 0.6) is 0 Å². The molecule has 0 aliphatic rings. The van der Waals surface area contributed by atoms with Gasteiger partial charge in [0.25, 0.3) is 0 Å². The monoisotopic (exact) mass is 386 g/mol. The summed E-state index contributed by atoms with van der Waals surface area (Å²) in [5.41, 5.74) is -0.203. The SMILES string of the molecule is CCCSc1nc(C)c([N+](=O)[O-])c(NCc2ccc(C(F)(F)F)cc2)n1. The van der Waals surface area contributed by atoms with Gasteiger partial charge in [-0.05, 0) is 31.0 Å². The second-order valence-electron chi connectivity index (χ2n) is 5.44. The lowest BCUT2D eigenvalue weighted by Gasteiger charge is -2.11. The van der Waals surface area contributed by atoms with E-state index >= 15 is 0 Å². The first kappa shape index (κ1) is 20.0. The molecule has 0 unspecified atom stereocenters. The molecular formula is C16H17F3N4O2S. The summed E-state index contributed by atoms with van der Waals surface area (Å²) in [5.74, 6) is 0.830. The van der Waals surface area contributed by atoms with Crippen LogP contribution in [0.15, 0.2) is 29.4 Å². The second kappa shape index (κ2) is 8.35. The lowest BCUT2D eigenvalue weighted by Crippen LogP contribution is -2.09. The number of thioether (sulfide) groups is 1. The van der Waals surface area contributed by atoms with Crippen LogP contribution in [-0.4, -0.2) is 20.6 Å². The first-order chi connectivity index (χ1) is 12.2. The number of hydrogen-bond donors (Lipinski definition) is 1. The first-order valence-electron chi connectivity index (χ1n) is 7.78. The molecule has 0 saturated heterocycles. The predicted octanol–water partition coefficient (Wildman–Crippen LogP) is 4.83. The van der Waals surface area contributed by atoms with E-state index in [1.54, 1.807) is 0 Å². The molecule has 0 amide bonds. The fourth-order valence-electron chi connectivity index (χ4n) is 2.14. The summed E-state index contributed by atoms with van der Waals surface area (Å²) < 4.78 is 37.8. The Kier molecular flexibility index (Phi) is 6.41. The quantitative estimate of drug-likeness (QED) is 0.318. The van der Waals surface area contributed by atoms with Crippen molar-refractivity contribution < 1.29 is 18.1 Å². The lowest BCUT2D eigenvalue weighted by molar-refractivity contribution is -0.385. The Hall–Kier alpha value is -2.36. The largest absolute Gasteiger partial charge is 0.416 e. The molecule has 1 heterocycles. The Balaban J connectivity index is 2.21. The number of anilines is 1. The summed E-state index contributed by atoms with van der Waals surface area (Å²) in [6, 6.07) is 4.59. The van der Waals surface area contributed by atoms with Gasteiger partial charge < -0.3 is 5.32 Å². The van der Waals surface area contributed by atoms with Gasteiger partial charge in [0.2, 0.25) is 5.82 Å². The molecule has 1 aromatic heterocycles. The number of nitrogens with zero attached hydrogens (tertiary/aromatic N) is 3. The van der Waals surface area contributed by atoms with Crippen molar-refractivity contribution in [1.29, 1.82) is 0 Å². The van der Waals surface area contributed by atoms with Crippen LogP contribution >= 0.6 is 11.8 Å². The van der Waals surface area contributed by atoms with Crippen molar-refractivity contribution in [3.8, 4) is 0 Å². The average molecular weight is 386 g/mol. The molecular weight excluding hydrogens is 369 g/mol. The van der Waals surface area contributed by atoms with Gasteiger partial charge >= 0.3 is 11.9 Å². The van der Waals surface area contributed by atoms with E-state index in [1.807, 2.05) is 6.92 Å². The Morgan fingerprint density at radius 1 is 1.23 bits per heavy atom. The maximum absolute atomic E-state index is 12.6. The molecule has 0 aliphatic carbocycles. The zero-order valence-electron chi connectivity index (χ0n) is 14.1. The molecule has 0 saturated carbocycles. The van der Waals surface area contributed by atoms with E-state index < -0.39 is 16.7 Å². The number of nitro groups is 1. The van der Waals surface area contributed by atoms with E-state index in [0.29, 0.717) is 10.7 Å². The van der Waals surface area contributed by atoms with Gasteiger partial charge in [0.15, 0.2) is 5.16 Å². The highest BCUT2D eigenvalue weighted by atomic mass is 32.2. The third kappa shape index (κ3) is 5.07. The summed E-state index contributed by atoms with van der Waals surface area (Å²) in [4.78, 5) is 19.0. The van der Waals surface area contributed by atoms with Gasteiger partial charge in [0.1, 0.15) is 5.69 Å². The fraction of sp³-hybridized carbons (Fsp3) is 0.375. The Labute approximate surface area is 152 Å². The maximum atomic E-state index is 12.6.